The number of benzene rings is 2. The number of ether oxygens (including phenoxy) is 1. The molecule has 0 aliphatic heterocycles. The number of rotatable bonds is 4. The lowest BCUT2D eigenvalue weighted by Gasteiger charge is -2.19. The van der Waals surface area contributed by atoms with Gasteiger partial charge in [0.25, 0.3) is 5.91 Å². The van der Waals surface area contributed by atoms with Crippen LogP contribution in [0.1, 0.15) is 34.5 Å². The average molecular weight is 396 g/mol. The molecule has 1 aliphatic rings. The van der Waals surface area contributed by atoms with Crippen molar-refractivity contribution in [2.24, 2.45) is 0 Å². The molecule has 0 fully saturated rings. The Morgan fingerprint density at radius 3 is 2.69 bits per heavy atom. The second-order valence-corrected chi connectivity index (χ2v) is 6.88. The SMILES string of the molecule is O=C(COC(=O)c1c2c(nc3ccccc13)CCCC2)Nc1ccc(F)cc1F. The van der Waals surface area contributed by atoms with E-state index < -0.39 is 30.1 Å². The van der Waals surface area contributed by atoms with Gasteiger partial charge in [0.1, 0.15) is 11.6 Å². The quantitative estimate of drug-likeness (QED) is 0.672. The number of aromatic nitrogens is 1. The zero-order chi connectivity index (χ0) is 20.4. The minimum Gasteiger partial charge on any atom is -0.452 e. The van der Waals surface area contributed by atoms with Crippen molar-refractivity contribution in [3.8, 4) is 0 Å². The number of nitrogens with zero attached hydrogens (tertiary/aromatic N) is 1. The average Bonchev–Trinajstić information content (AvgIpc) is 2.72. The number of aryl methyl sites for hydroxylation is 1. The Bertz CT molecular complexity index is 1110. The van der Waals surface area contributed by atoms with Gasteiger partial charge in [0.15, 0.2) is 6.61 Å². The van der Waals surface area contributed by atoms with Gasteiger partial charge in [-0.3, -0.25) is 9.78 Å². The van der Waals surface area contributed by atoms with Crippen LogP contribution in [0.25, 0.3) is 10.9 Å². The van der Waals surface area contributed by atoms with Gasteiger partial charge in [-0.05, 0) is 49.4 Å². The maximum absolute atomic E-state index is 13.7. The first kappa shape index (κ1) is 19.0. The van der Waals surface area contributed by atoms with Crippen molar-refractivity contribution in [2.45, 2.75) is 25.7 Å². The molecule has 2 aromatic carbocycles. The largest absolute Gasteiger partial charge is 0.452 e. The van der Waals surface area contributed by atoms with Gasteiger partial charge in [-0.15, -0.1) is 0 Å². The Kier molecular flexibility index (Phi) is 5.20. The summed E-state index contributed by atoms with van der Waals surface area (Å²) in [5, 5.41) is 2.96. The Morgan fingerprint density at radius 1 is 1.07 bits per heavy atom. The van der Waals surface area contributed by atoms with Crippen LogP contribution in [-0.4, -0.2) is 23.5 Å². The molecule has 0 saturated heterocycles. The normalized spacial score (nSPS) is 13.0. The number of esters is 1. The third-order valence-electron chi connectivity index (χ3n) is 4.91. The summed E-state index contributed by atoms with van der Waals surface area (Å²) < 4.78 is 31.9. The molecule has 0 saturated carbocycles. The molecule has 5 nitrogen and oxygen atoms in total. The third kappa shape index (κ3) is 3.94. The van der Waals surface area contributed by atoms with E-state index >= 15 is 0 Å². The molecule has 0 atom stereocenters. The molecule has 1 N–H and O–H groups in total. The number of halogens is 2. The molecular weight excluding hydrogens is 378 g/mol. The van der Waals surface area contributed by atoms with Crippen LogP contribution < -0.4 is 5.32 Å². The third-order valence-corrected chi connectivity index (χ3v) is 4.91. The molecule has 0 spiro atoms. The van der Waals surface area contributed by atoms with E-state index in [-0.39, 0.29) is 5.69 Å². The van der Waals surface area contributed by atoms with Crippen LogP contribution in [0.3, 0.4) is 0 Å². The van der Waals surface area contributed by atoms with E-state index in [1.807, 2.05) is 24.3 Å². The van der Waals surface area contributed by atoms with Crippen LogP contribution in [0.15, 0.2) is 42.5 Å². The summed E-state index contributed by atoms with van der Waals surface area (Å²) in [7, 11) is 0. The molecule has 1 aliphatic carbocycles. The standard InChI is InChI=1S/C22H18F2N2O3/c23-13-9-10-19(16(24)11-13)26-20(27)12-29-22(28)21-14-5-1-3-7-17(14)25-18-8-4-2-6-15(18)21/h1,3,5,7,9-11H,2,4,6,8,12H2,(H,26,27). The summed E-state index contributed by atoms with van der Waals surface area (Å²) in [5.41, 5.74) is 2.72. The predicted octanol–water partition coefficient (Wildman–Crippen LogP) is 4.19. The summed E-state index contributed by atoms with van der Waals surface area (Å²) in [6, 6.07) is 10.1. The number of hydrogen-bond acceptors (Lipinski definition) is 4. The van der Waals surface area contributed by atoms with E-state index in [0.717, 1.165) is 49.1 Å². The van der Waals surface area contributed by atoms with E-state index in [9.17, 15) is 18.4 Å². The molecule has 1 heterocycles. The van der Waals surface area contributed by atoms with Crippen LogP contribution >= 0.6 is 0 Å². The van der Waals surface area contributed by atoms with E-state index in [4.69, 9.17) is 4.74 Å². The van der Waals surface area contributed by atoms with E-state index in [0.29, 0.717) is 22.5 Å². The topological polar surface area (TPSA) is 68.3 Å². The molecule has 0 radical (unpaired) electrons. The van der Waals surface area contributed by atoms with Gasteiger partial charge in [0.2, 0.25) is 0 Å². The Morgan fingerprint density at radius 2 is 1.86 bits per heavy atom. The molecule has 0 unspecified atom stereocenters. The fraction of sp³-hybridized carbons (Fsp3) is 0.227. The second-order valence-electron chi connectivity index (χ2n) is 6.88. The Balaban J connectivity index is 1.54. The van der Waals surface area contributed by atoms with Gasteiger partial charge >= 0.3 is 5.97 Å². The van der Waals surface area contributed by atoms with Crippen molar-refractivity contribution in [3.63, 3.8) is 0 Å². The van der Waals surface area contributed by atoms with E-state index in [2.05, 4.69) is 10.3 Å². The zero-order valence-corrected chi connectivity index (χ0v) is 15.5. The van der Waals surface area contributed by atoms with Crippen LogP contribution in [0.5, 0.6) is 0 Å². The van der Waals surface area contributed by atoms with Crippen molar-refractivity contribution < 1.29 is 23.1 Å². The lowest BCUT2D eigenvalue weighted by atomic mass is 9.90. The zero-order valence-electron chi connectivity index (χ0n) is 15.5. The Labute approximate surface area is 165 Å². The summed E-state index contributed by atoms with van der Waals surface area (Å²) in [6.45, 7) is -0.582. The highest BCUT2D eigenvalue weighted by atomic mass is 19.1. The number of carbonyl (C=O) groups excluding carboxylic acids is 2. The smallest absolute Gasteiger partial charge is 0.339 e. The summed E-state index contributed by atoms with van der Waals surface area (Å²) in [4.78, 5) is 29.6. The number of nitrogens with one attached hydrogen (secondary N) is 1. The molecule has 1 amide bonds. The second kappa shape index (κ2) is 7.95. The van der Waals surface area contributed by atoms with E-state index in [1.165, 1.54) is 0 Å². The monoisotopic (exact) mass is 396 g/mol. The number of para-hydroxylation sites is 1. The van der Waals surface area contributed by atoms with Gasteiger partial charge in [-0.1, -0.05) is 18.2 Å². The number of carbonyl (C=O) groups is 2. The van der Waals surface area contributed by atoms with Crippen molar-refractivity contribution >= 4 is 28.5 Å². The van der Waals surface area contributed by atoms with Crippen LogP contribution in [0, 0.1) is 11.6 Å². The molecule has 1 aromatic heterocycles. The minimum absolute atomic E-state index is 0.181. The highest BCUT2D eigenvalue weighted by molar-refractivity contribution is 6.06. The first-order chi connectivity index (χ1) is 14.0. The molecule has 29 heavy (non-hydrogen) atoms. The van der Waals surface area contributed by atoms with Gasteiger partial charge in [-0.2, -0.15) is 0 Å². The molecule has 148 valence electrons. The van der Waals surface area contributed by atoms with Crippen LogP contribution in [-0.2, 0) is 22.4 Å². The summed E-state index contributed by atoms with van der Waals surface area (Å²) >= 11 is 0. The first-order valence-corrected chi connectivity index (χ1v) is 9.35. The number of fused-ring (bicyclic) bond motifs is 2. The fourth-order valence-electron chi connectivity index (χ4n) is 3.59. The van der Waals surface area contributed by atoms with Crippen LogP contribution in [0.4, 0.5) is 14.5 Å². The maximum Gasteiger partial charge on any atom is 0.339 e. The van der Waals surface area contributed by atoms with Crippen molar-refractivity contribution in [1.29, 1.82) is 0 Å². The number of hydrogen-bond donors (Lipinski definition) is 1. The molecule has 4 rings (SSSR count). The van der Waals surface area contributed by atoms with Gasteiger partial charge < -0.3 is 10.1 Å². The van der Waals surface area contributed by atoms with Crippen molar-refractivity contribution in [3.05, 3.63) is 70.9 Å². The molecular formula is C22H18F2N2O3. The fourth-order valence-corrected chi connectivity index (χ4v) is 3.59. The highest BCUT2D eigenvalue weighted by Gasteiger charge is 2.24. The maximum atomic E-state index is 13.7. The molecule has 3 aromatic rings. The predicted molar refractivity (Wildman–Crippen MR) is 104 cm³/mol. The lowest BCUT2D eigenvalue weighted by molar-refractivity contribution is -0.119. The van der Waals surface area contributed by atoms with Gasteiger partial charge in [0.05, 0.1) is 16.8 Å². The van der Waals surface area contributed by atoms with Crippen LogP contribution in [0.2, 0.25) is 0 Å². The van der Waals surface area contributed by atoms with Crippen molar-refractivity contribution in [1.82, 2.24) is 4.98 Å². The van der Waals surface area contributed by atoms with Gasteiger partial charge in [0, 0.05) is 17.1 Å². The number of anilines is 1. The minimum atomic E-state index is -0.904. The number of amides is 1. The van der Waals surface area contributed by atoms with E-state index in [1.54, 1.807) is 0 Å². The molecule has 0 bridgehead atoms. The van der Waals surface area contributed by atoms with Crippen molar-refractivity contribution in [2.75, 3.05) is 11.9 Å². The first-order valence-electron chi connectivity index (χ1n) is 9.35. The number of pyridine rings is 1. The summed E-state index contributed by atoms with van der Waals surface area (Å²) in [6.07, 6.45) is 3.49. The highest BCUT2D eigenvalue weighted by Crippen LogP contribution is 2.29. The summed E-state index contributed by atoms with van der Waals surface area (Å²) in [5.74, 6) is -2.98. The Hall–Kier alpha value is -3.35. The molecule has 7 heteroatoms. The lowest BCUT2D eigenvalue weighted by Crippen LogP contribution is -2.23. The van der Waals surface area contributed by atoms with Gasteiger partial charge in [-0.25, -0.2) is 13.6 Å².